The molecule has 2 aromatic heterocycles. The number of benzene rings is 2. The van der Waals surface area contributed by atoms with Gasteiger partial charge in [-0.2, -0.15) is 0 Å². The van der Waals surface area contributed by atoms with Crippen LogP contribution in [-0.4, -0.2) is 14.5 Å². The van der Waals surface area contributed by atoms with Crippen LogP contribution in [0.15, 0.2) is 73.1 Å². The van der Waals surface area contributed by atoms with E-state index in [1.54, 1.807) is 12.1 Å². The average Bonchev–Trinajstić information content (AvgIpc) is 3.00. The summed E-state index contributed by atoms with van der Waals surface area (Å²) < 4.78 is 1.99. The molecule has 4 heteroatoms. The monoisotopic (exact) mass is 301 g/mol. The predicted octanol–water partition coefficient (Wildman–Crippen LogP) is 3.96. The number of aromatic hydroxyl groups is 1. The molecule has 0 aliphatic heterocycles. The third-order valence-electron chi connectivity index (χ3n) is 3.90. The van der Waals surface area contributed by atoms with Crippen molar-refractivity contribution in [1.29, 1.82) is 0 Å². The number of phenols is 1. The summed E-state index contributed by atoms with van der Waals surface area (Å²) in [4.78, 5) is 4.76. The molecular weight excluding hydrogens is 286 g/mol. The number of anilines is 1. The van der Waals surface area contributed by atoms with E-state index in [4.69, 9.17) is 10.7 Å². The minimum absolute atomic E-state index is 0.246. The number of hydrogen-bond acceptors (Lipinski definition) is 3. The van der Waals surface area contributed by atoms with E-state index in [1.165, 1.54) is 0 Å². The van der Waals surface area contributed by atoms with Gasteiger partial charge in [-0.1, -0.05) is 18.2 Å². The first-order valence-corrected chi connectivity index (χ1v) is 7.34. The zero-order valence-electron chi connectivity index (χ0n) is 12.3. The maximum atomic E-state index is 9.43. The maximum absolute atomic E-state index is 9.43. The number of hydrogen-bond donors (Lipinski definition) is 2. The molecule has 0 bridgehead atoms. The van der Waals surface area contributed by atoms with Gasteiger partial charge in [0.2, 0.25) is 0 Å². The lowest BCUT2D eigenvalue weighted by Gasteiger charge is -2.06. The van der Waals surface area contributed by atoms with Crippen molar-refractivity contribution >= 4 is 11.3 Å². The van der Waals surface area contributed by atoms with Crippen LogP contribution in [0.4, 0.5) is 5.69 Å². The Balaban J connectivity index is 1.91. The van der Waals surface area contributed by atoms with E-state index >= 15 is 0 Å². The second kappa shape index (κ2) is 5.18. The van der Waals surface area contributed by atoms with Gasteiger partial charge in [0.25, 0.3) is 0 Å². The highest BCUT2D eigenvalue weighted by Gasteiger charge is 2.11. The SMILES string of the molecule is Nc1ccccc1-c1cccn2cc(-c3ccc(O)cc3)nc12. The summed E-state index contributed by atoms with van der Waals surface area (Å²) in [6, 6.07) is 18.8. The summed E-state index contributed by atoms with van der Waals surface area (Å²) in [6.07, 6.45) is 3.94. The first-order chi connectivity index (χ1) is 11.2. The van der Waals surface area contributed by atoms with E-state index in [1.807, 2.05) is 65.3 Å². The molecule has 23 heavy (non-hydrogen) atoms. The number of nitrogens with two attached hydrogens (primary N) is 1. The first kappa shape index (κ1) is 13.4. The minimum Gasteiger partial charge on any atom is -0.508 e. The molecule has 0 saturated heterocycles. The summed E-state index contributed by atoms with van der Waals surface area (Å²) in [5.74, 6) is 0.246. The summed E-state index contributed by atoms with van der Waals surface area (Å²) in [6.45, 7) is 0. The van der Waals surface area contributed by atoms with Crippen molar-refractivity contribution in [2.75, 3.05) is 5.73 Å². The molecule has 0 amide bonds. The highest BCUT2D eigenvalue weighted by atomic mass is 16.3. The van der Waals surface area contributed by atoms with Gasteiger partial charge in [0.05, 0.1) is 5.69 Å². The van der Waals surface area contributed by atoms with Crippen LogP contribution in [0.2, 0.25) is 0 Å². The van der Waals surface area contributed by atoms with Crippen LogP contribution in [-0.2, 0) is 0 Å². The fourth-order valence-electron chi connectivity index (χ4n) is 2.74. The molecule has 112 valence electrons. The summed E-state index contributed by atoms with van der Waals surface area (Å²) in [7, 11) is 0. The van der Waals surface area contributed by atoms with E-state index < -0.39 is 0 Å². The molecule has 0 saturated carbocycles. The van der Waals surface area contributed by atoms with E-state index in [0.29, 0.717) is 0 Å². The van der Waals surface area contributed by atoms with Gasteiger partial charge in [-0.3, -0.25) is 0 Å². The molecule has 0 unspecified atom stereocenters. The maximum Gasteiger partial charge on any atom is 0.145 e. The minimum atomic E-state index is 0.246. The van der Waals surface area contributed by atoms with E-state index in [2.05, 4.69) is 0 Å². The second-order valence-corrected chi connectivity index (χ2v) is 5.41. The highest BCUT2D eigenvalue weighted by Crippen LogP contribution is 2.30. The number of para-hydroxylation sites is 1. The summed E-state index contributed by atoms with van der Waals surface area (Å²) in [5.41, 5.74) is 11.5. The zero-order chi connectivity index (χ0) is 15.8. The van der Waals surface area contributed by atoms with E-state index in [0.717, 1.165) is 33.7 Å². The van der Waals surface area contributed by atoms with Gasteiger partial charge in [-0.05, 0) is 42.5 Å². The molecule has 4 nitrogen and oxygen atoms in total. The lowest BCUT2D eigenvalue weighted by Crippen LogP contribution is -1.92. The number of nitrogens with zero attached hydrogens (tertiary/aromatic N) is 2. The van der Waals surface area contributed by atoms with Crippen molar-refractivity contribution < 1.29 is 5.11 Å². The largest absolute Gasteiger partial charge is 0.508 e. The number of nitrogen functional groups attached to an aromatic ring is 1. The Bertz CT molecular complexity index is 987. The molecule has 4 aromatic rings. The predicted molar refractivity (Wildman–Crippen MR) is 92.1 cm³/mol. The molecule has 0 spiro atoms. The Morgan fingerprint density at radius 3 is 2.39 bits per heavy atom. The zero-order valence-corrected chi connectivity index (χ0v) is 12.3. The molecule has 0 radical (unpaired) electrons. The Hall–Kier alpha value is -3.27. The molecule has 3 N–H and O–H groups in total. The smallest absolute Gasteiger partial charge is 0.145 e. The van der Waals surface area contributed by atoms with Gasteiger partial charge in [0.1, 0.15) is 11.4 Å². The standard InChI is InChI=1S/C19H15N3O/c20-17-6-2-1-4-15(17)16-5-3-11-22-12-18(21-19(16)22)13-7-9-14(23)10-8-13/h1-12,23H,20H2. The number of pyridine rings is 1. The Labute approximate surface area is 133 Å². The van der Waals surface area contributed by atoms with Gasteiger partial charge in [-0.25, -0.2) is 4.98 Å². The Kier molecular flexibility index (Phi) is 3.01. The van der Waals surface area contributed by atoms with Gasteiger partial charge < -0.3 is 15.2 Å². The first-order valence-electron chi connectivity index (χ1n) is 7.34. The highest BCUT2D eigenvalue weighted by molar-refractivity contribution is 5.86. The van der Waals surface area contributed by atoms with E-state index in [-0.39, 0.29) is 5.75 Å². The van der Waals surface area contributed by atoms with Gasteiger partial charge in [0, 0.05) is 34.8 Å². The Morgan fingerprint density at radius 2 is 1.61 bits per heavy atom. The molecular formula is C19H15N3O. The van der Waals surface area contributed by atoms with Gasteiger partial charge in [0.15, 0.2) is 0 Å². The van der Waals surface area contributed by atoms with Crippen LogP contribution in [0.1, 0.15) is 0 Å². The molecule has 2 aromatic carbocycles. The van der Waals surface area contributed by atoms with Gasteiger partial charge >= 0.3 is 0 Å². The van der Waals surface area contributed by atoms with Crippen LogP contribution in [0.25, 0.3) is 28.0 Å². The molecule has 4 rings (SSSR count). The van der Waals surface area contributed by atoms with Crippen molar-refractivity contribution in [3.8, 4) is 28.1 Å². The Morgan fingerprint density at radius 1 is 0.870 bits per heavy atom. The molecule has 2 heterocycles. The lowest BCUT2D eigenvalue weighted by molar-refractivity contribution is 0.475. The molecule has 0 aliphatic rings. The van der Waals surface area contributed by atoms with Crippen LogP contribution >= 0.6 is 0 Å². The normalized spacial score (nSPS) is 11.0. The van der Waals surface area contributed by atoms with Crippen molar-refractivity contribution in [1.82, 2.24) is 9.38 Å². The third-order valence-corrected chi connectivity index (χ3v) is 3.90. The summed E-state index contributed by atoms with van der Waals surface area (Å²) >= 11 is 0. The van der Waals surface area contributed by atoms with E-state index in [9.17, 15) is 5.11 Å². The topological polar surface area (TPSA) is 63.5 Å². The molecule has 0 atom stereocenters. The second-order valence-electron chi connectivity index (χ2n) is 5.41. The van der Waals surface area contributed by atoms with Crippen LogP contribution in [0, 0.1) is 0 Å². The van der Waals surface area contributed by atoms with Crippen molar-refractivity contribution in [2.24, 2.45) is 0 Å². The molecule has 0 fully saturated rings. The number of aromatic nitrogens is 2. The fourth-order valence-corrected chi connectivity index (χ4v) is 2.74. The summed E-state index contributed by atoms with van der Waals surface area (Å²) in [5, 5.41) is 9.43. The van der Waals surface area contributed by atoms with Crippen molar-refractivity contribution in [2.45, 2.75) is 0 Å². The third kappa shape index (κ3) is 2.30. The van der Waals surface area contributed by atoms with Crippen molar-refractivity contribution in [3.63, 3.8) is 0 Å². The number of imidazole rings is 1. The lowest BCUT2D eigenvalue weighted by atomic mass is 10.1. The quantitative estimate of drug-likeness (QED) is 0.551. The average molecular weight is 301 g/mol. The number of phenolic OH excluding ortho intramolecular Hbond substituents is 1. The van der Waals surface area contributed by atoms with Crippen molar-refractivity contribution in [3.05, 3.63) is 73.1 Å². The van der Waals surface area contributed by atoms with Crippen LogP contribution in [0.5, 0.6) is 5.75 Å². The van der Waals surface area contributed by atoms with Gasteiger partial charge in [-0.15, -0.1) is 0 Å². The fraction of sp³-hybridized carbons (Fsp3) is 0. The molecule has 0 aliphatic carbocycles. The number of rotatable bonds is 2. The van der Waals surface area contributed by atoms with Crippen LogP contribution in [0.3, 0.4) is 0 Å². The van der Waals surface area contributed by atoms with Crippen LogP contribution < -0.4 is 5.73 Å². The number of fused-ring (bicyclic) bond motifs is 1.